The number of rotatable bonds is 6. The van der Waals surface area contributed by atoms with E-state index in [1.807, 2.05) is 0 Å². The Kier molecular flexibility index (Phi) is 6.10. The number of carbonyl (C=O) groups is 4. The van der Waals surface area contributed by atoms with Gasteiger partial charge >= 0.3 is 0 Å². The van der Waals surface area contributed by atoms with Crippen molar-refractivity contribution in [3.05, 3.63) is 11.3 Å². The Labute approximate surface area is 155 Å². The summed E-state index contributed by atoms with van der Waals surface area (Å²) in [7, 11) is 1.21. The Morgan fingerprint density at radius 1 is 1.50 bits per heavy atom. The topological polar surface area (TPSA) is 105 Å². The molecule has 1 unspecified atom stereocenters. The lowest BCUT2D eigenvalue weighted by Gasteiger charge is -2.49. The highest BCUT2D eigenvalue weighted by molar-refractivity contribution is 9.09. The third-order valence-electron chi connectivity index (χ3n) is 3.43. The number of Topliss-reactive ketones (excluding diaryl/α,β-unsaturated/α-hetero) is 1. The number of hydrogen-bond donors (Lipinski definition) is 2. The van der Waals surface area contributed by atoms with Gasteiger partial charge in [-0.2, -0.15) is 0 Å². The van der Waals surface area contributed by atoms with Crippen molar-refractivity contribution < 1.29 is 24.0 Å². The smallest absolute Gasteiger partial charge is 0.277 e. The SMILES string of the molecule is CON=C(C(=O)CBr)C(=O)NC1C(=O)N2C(C(=O)S)=C(C)CS[C@H]12. The second kappa shape index (κ2) is 7.70. The van der Waals surface area contributed by atoms with E-state index in [1.165, 1.54) is 23.8 Å². The fourth-order valence-corrected chi connectivity index (χ4v) is 4.22. The van der Waals surface area contributed by atoms with Gasteiger partial charge in [-0.15, -0.1) is 11.8 Å². The predicted molar refractivity (Wildman–Crippen MR) is 95.0 cm³/mol. The lowest BCUT2D eigenvalue weighted by molar-refractivity contribution is -0.146. The Hall–Kier alpha value is -1.33. The molecule has 0 aromatic carbocycles. The first-order valence-electron chi connectivity index (χ1n) is 6.72. The lowest BCUT2D eigenvalue weighted by atomic mass is 10.0. The normalized spacial score (nSPS) is 23.4. The summed E-state index contributed by atoms with van der Waals surface area (Å²) < 4.78 is 0. The fourth-order valence-electron chi connectivity index (χ4n) is 2.36. The molecule has 2 atom stereocenters. The second-order valence-corrected chi connectivity index (χ2v) is 7.05. The van der Waals surface area contributed by atoms with Gasteiger partial charge in [0.05, 0.1) is 11.0 Å². The summed E-state index contributed by atoms with van der Waals surface area (Å²) in [5.74, 6) is -1.26. The van der Waals surface area contributed by atoms with Crippen molar-refractivity contribution in [3.63, 3.8) is 0 Å². The number of halogens is 1. The molecular weight excluding hydrogens is 422 g/mol. The number of carbonyl (C=O) groups excluding carboxylic acids is 4. The van der Waals surface area contributed by atoms with Crippen LogP contribution in [0.4, 0.5) is 0 Å². The number of ketones is 1. The van der Waals surface area contributed by atoms with E-state index in [0.717, 1.165) is 5.57 Å². The van der Waals surface area contributed by atoms with Crippen LogP contribution in [0, 0.1) is 0 Å². The van der Waals surface area contributed by atoms with Gasteiger partial charge in [-0.3, -0.25) is 24.1 Å². The number of amides is 2. The summed E-state index contributed by atoms with van der Waals surface area (Å²) in [5.41, 5.74) is 0.573. The van der Waals surface area contributed by atoms with E-state index in [2.05, 4.69) is 43.9 Å². The second-order valence-electron chi connectivity index (χ2n) is 4.97. The minimum absolute atomic E-state index is 0.105. The van der Waals surface area contributed by atoms with E-state index >= 15 is 0 Å². The maximum Gasteiger partial charge on any atom is 0.277 e. The summed E-state index contributed by atoms with van der Waals surface area (Å²) in [6.07, 6.45) is 0. The molecule has 2 rings (SSSR count). The molecule has 8 nitrogen and oxygen atoms in total. The van der Waals surface area contributed by atoms with Crippen molar-refractivity contribution in [1.29, 1.82) is 0 Å². The molecule has 2 aliphatic heterocycles. The Morgan fingerprint density at radius 2 is 2.17 bits per heavy atom. The van der Waals surface area contributed by atoms with Crippen LogP contribution >= 0.6 is 40.3 Å². The summed E-state index contributed by atoms with van der Waals surface area (Å²) in [4.78, 5) is 53.7. The average Bonchev–Trinajstić information content (AvgIpc) is 2.55. The molecule has 2 amide bonds. The van der Waals surface area contributed by atoms with Crippen LogP contribution in [-0.4, -0.2) is 62.9 Å². The number of thioether (sulfide) groups is 1. The van der Waals surface area contributed by atoms with Crippen LogP contribution in [0.15, 0.2) is 16.4 Å². The minimum atomic E-state index is -0.844. The van der Waals surface area contributed by atoms with Gasteiger partial charge in [-0.25, -0.2) is 0 Å². The Morgan fingerprint density at radius 3 is 2.71 bits per heavy atom. The number of fused-ring (bicyclic) bond motifs is 1. The molecule has 0 radical (unpaired) electrons. The fraction of sp³-hybridized carbons (Fsp3) is 0.462. The Bertz CT molecular complexity index is 679. The van der Waals surface area contributed by atoms with E-state index in [4.69, 9.17) is 0 Å². The zero-order valence-electron chi connectivity index (χ0n) is 12.7. The van der Waals surface area contributed by atoms with Crippen molar-refractivity contribution in [2.45, 2.75) is 18.3 Å². The third kappa shape index (κ3) is 3.38. The molecule has 0 bridgehead atoms. The van der Waals surface area contributed by atoms with Crippen LogP contribution in [0.5, 0.6) is 0 Å². The van der Waals surface area contributed by atoms with Crippen LogP contribution in [0.3, 0.4) is 0 Å². The van der Waals surface area contributed by atoms with Crippen LogP contribution in [0.1, 0.15) is 6.92 Å². The van der Waals surface area contributed by atoms with E-state index in [-0.39, 0.29) is 11.0 Å². The molecule has 1 N–H and O–H groups in total. The van der Waals surface area contributed by atoms with Crippen LogP contribution in [-0.2, 0) is 24.0 Å². The van der Waals surface area contributed by atoms with Gasteiger partial charge in [0.15, 0.2) is 0 Å². The van der Waals surface area contributed by atoms with E-state index < -0.39 is 39.8 Å². The summed E-state index contributed by atoms with van der Waals surface area (Å²) in [5, 5.41) is 4.87. The van der Waals surface area contributed by atoms with Gasteiger partial charge in [0.25, 0.3) is 11.8 Å². The number of thiol groups is 1. The molecule has 1 fully saturated rings. The van der Waals surface area contributed by atoms with Crippen LogP contribution in [0.2, 0.25) is 0 Å². The lowest BCUT2D eigenvalue weighted by Crippen LogP contribution is -2.71. The molecule has 130 valence electrons. The largest absolute Gasteiger partial charge is 0.398 e. The standard InChI is InChI=1S/C13H14BrN3O5S2/c1-5-4-24-12-8(11(20)17(12)9(5)13(21)23)15-10(19)7(16-22-2)6(18)3-14/h8,12H,3-4H2,1-2H3,(H,15,19)(H,21,23)/t8?,12-/m1/s1. The summed E-state index contributed by atoms with van der Waals surface area (Å²) in [6.45, 7) is 1.75. The molecule has 0 aromatic rings. The van der Waals surface area contributed by atoms with Gasteiger partial charge in [0.2, 0.25) is 16.6 Å². The highest BCUT2D eigenvalue weighted by Crippen LogP contribution is 2.40. The van der Waals surface area contributed by atoms with Crippen molar-refractivity contribution >= 4 is 68.7 Å². The maximum absolute atomic E-state index is 12.3. The van der Waals surface area contributed by atoms with Crippen LogP contribution in [0.25, 0.3) is 0 Å². The molecule has 2 aliphatic rings. The molecule has 11 heteroatoms. The zero-order valence-corrected chi connectivity index (χ0v) is 16.0. The summed E-state index contributed by atoms with van der Waals surface area (Å²) in [6, 6.07) is -0.844. The van der Waals surface area contributed by atoms with Gasteiger partial charge in [0.1, 0.15) is 18.5 Å². The highest BCUT2D eigenvalue weighted by atomic mass is 79.9. The van der Waals surface area contributed by atoms with Crippen molar-refractivity contribution in [2.24, 2.45) is 5.16 Å². The molecule has 24 heavy (non-hydrogen) atoms. The minimum Gasteiger partial charge on any atom is -0.398 e. The Balaban J connectivity index is 2.15. The zero-order chi connectivity index (χ0) is 18.0. The molecule has 2 heterocycles. The number of nitrogens with zero attached hydrogens (tertiary/aromatic N) is 2. The number of oxime groups is 1. The number of hydrogen-bond acceptors (Lipinski definition) is 7. The molecule has 0 saturated carbocycles. The average molecular weight is 436 g/mol. The number of nitrogens with one attached hydrogen (secondary N) is 1. The summed E-state index contributed by atoms with van der Waals surface area (Å²) >= 11 is 8.17. The number of alkyl halides is 1. The first kappa shape index (κ1) is 19.0. The first-order chi connectivity index (χ1) is 11.3. The van der Waals surface area contributed by atoms with Gasteiger partial charge in [-0.1, -0.05) is 33.7 Å². The number of β-lactam (4-membered cyclic amide) rings is 1. The molecular formula is C13H14BrN3O5S2. The maximum atomic E-state index is 12.3. The quantitative estimate of drug-likeness (QED) is 0.153. The van der Waals surface area contributed by atoms with Crippen molar-refractivity contribution in [2.75, 3.05) is 18.2 Å². The van der Waals surface area contributed by atoms with E-state index in [1.54, 1.807) is 6.92 Å². The van der Waals surface area contributed by atoms with E-state index in [0.29, 0.717) is 5.75 Å². The molecule has 0 aromatic heterocycles. The van der Waals surface area contributed by atoms with Gasteiger partial charge in [-0.05, 0) is 12.5 Å². The monoisotopic (exact) mass is 435 g/mol. The van der Waals surface area contributed by atoms with Crippen molar-refractivity contribution in [1.82, 2.24) is 10.2 Å². The van der Waals surface area contributed by atoms with Gasteiger partial charge in [0, 0.05) is 5.75 Å². The van der Waals surface area contributed by atoms with Gasteiger partial charge < -0.3 is 10.2 Å². The predicted octanol–water partition coefficient (Wildman–Crippen LogP) is 0.0831. The third-order valence-corrected chi connectivity index (χ3v) is 5.58. The van der Waals surface area contributed by atoms with Crippen LogP contribution < -0.4 is 5.32 Å². The highest BCUT2D eigenvalue weighted by Gasteiger charge is 2.53. The molecule has 0 aliphatic carbocycles. The molecule has 0 spiro atoms. The van der Waals surface area contributed by atoms with Crippen molar-refractivity contribution in [3.8, 4) is 0 Å². The van der Waals surface area contributed by atoms with E-state index in [9.17, 15) is 19.2 Å². The first-order valence-corrected chi connectivity index (χ1v) is 9.34. The molecule has 1 saturated heterocycles.